The van der Waals surface area contributed by atoms with Crippen molar-refractivity contribution < 1.29 is 18.7 Å². The number of hydrazone groups is 1. The molecule has 0 aliphatic rings. The highest BCUT2D eigenvalue weighted by Crippen LogP contribution is 2.34. The minimum Gasteiger partial charge on any atom is -0.493 e. The molecule has 8 heteroatoms. The van der Waals surface area contributed by atoms with E-state index in [0.717, 1.165) is 14.7 Å². The minimum absolute atomic E-state index is 0.188. The highest BCUT2D eigenvalue weighted by Gasteiger charge is 2.12. The largest absolute Gasteiger partial charge is 0.493 e. The summed E-state index contributed by atoms with van der Waals surface area (Å²) in [6.07, 6.45) is 2.94. The highest BCUT2D eigenvalue weighted by molar-refractivity contribution is 14.1. The van der Waals surface area contributed by atoms with Gasteiger partial charge in [-0.05, 0) is 58.5 Å². The van der Waals surface area contributed by atoms with Gasteiger partial charge in [-0.2, -0.15) is 5.10 Å². The predicted molar refractivity (Wildman–Crippen MR) is 115 cm³/mol. The number of hydrogen-bond acceptors (Lipinski definition) is 5. The minimum atomic E-state index is -0.428. The summed E-state index contributed by atoms with van der Waals surface area (Å²) in [5, 5.41) is 4.59. The summed E-state index contributed by atoms with van der Waals surface area (Å²) in [4.78, 5) is 11.8. The Hall–Kier alpha value is -2.52. The van der Waals surface area contributed by atoms with Crippen LogP contribution in [0.15, 0.2) is 64.3 Å². The number of nitrogens with one attached hydrogen (secondary N) is 1. The predicted octanol–water partition coefficient (Wildman–Crippen LogP) is 4.89. The van der Waals surface area contributed by atoms with Crippen LogP contribution < -0.4 is 14.9 Å². The van der Waals surface area contributed by atoms with Crippen LogP contribution >= 0.6 is 34.2 Å². The number of carbonyl (C=O) groups excluding carboxylic acids is 1. The van der Waals surface area contributed by atoms with Gasteiger partial charge in [-0.1, -0.05) is 29.8 Å². The molecule has 6 nitrogen and oxygen atoms in total. The number of halogens is 2. The molecule has 28 heavy (non-hydrogen) atoms. The number of amides is 1. The Morgan fingerprint density at radius 3 is 2.82 bits per heavy atom. The quantitative estimate of drug-likeness (QED) is 0.279. The van der Waals surface area contributed by atoms with Crippen LogP contribution in [0.3, 0.4) is 0 Å². The molecule has 2 aromatic carbocycles. The molecule has 144 valence electrons. The van der Waals surface area contributed by atoms with Gasteiger partial charge in [0.25, 0.3) is 0 Å². The van der Waals surface area contributed by atoms with Gasteiger partial charge in [-0.15, -0.1) is 0 Å². The third-order valence-corrected chi connectivity index (χ3v) is 4.88. The van der Waals surface area contributed by atoms with Crippen molar-refractivity contribution in [3.05, 3.63) is 80.3 Å². The zero-order chi connectivity index (χ0) is 19.9. The van der Waals surface area contributed by atoms with E-state index >= 15 is 0 Å². The van der Waals surface area contributed by atoms with Crippen LogP contribution in [-0.2, 0) is 6.61 Å². The molecule has 0 spiro atoms. The summed E-state index contributed by atoms with van der Waals surface area (Å²) >= 11 is 8.34. The van der Waals surface area contributed by atoms with Crippen molar-refractivity contribution in [3.8, 4) is 11.5 Å². The second-order valence-corrected chi connectivity index (χ2v) is 7.16. The number of nitrogens with zero attached hydrogens (tertiary/aromatic N) is 1. The van der Waals surface area contributed by atoms with Crippen LogP contribution in [0.25, 0.3) is 0 Å². The molecule has 1 N–H and O–H groups in total. The van der Waals surface area contributed by atoms with E-state index in [1.54, 1.807) is 25.3 Å². The van der Waals surface area contributed by atoms with Gasteiger partial charge >= 0.3 is 5.91 Å². The molecule has 0 saturated heterocycles. The van der Waals surface area contributed by atoms with E-state index in [1.807, 2.05) is 30.3 Å². The molecule has 0 unspecified atom stereocenters. The smallest absolute Gasteiger partial charge is 0.307 e. The zero-order valence-corrected chi connectivity index (χ0v) is 17.7. The highest BCUT2D eigenvalue weighted by atomic mass is 127. The molecule has 0 radical (unpaired) electrons. The third kappa shape index (κ3) is 5.05. The van der Waals surface area contributed by atoms with Crippen LogP contribution in [0.1, 0.15) is 21.7 Å². The summed E-state index contributed by atoms with van der Waals surface area (Å²) in [6, 6.07) is 14.3. The Morgan fingerprint density at radius 2 is 2.11 bits per heavy atom. The lowest BCUT2D eigenvalue weighted by atomic mass is 10.2. The van der Waals surface area contributed by atoms with E-state index in [4.69, 9.17) is 25.5 Å². The summed E-state index contributed by atoms with van der Waals surface area (Å²) in [5.41, 5.74) is 4.03. The van der Waals surface area contributed by atoms with Crippen LogP contribution in [0.2, 0.25) is 5.02 Å². The molecule has 0 saturated carbocycles. The van der Waals surface area contributed by atoms with Gasteiger partial charge in [-0.3, -0.25) is 4.79 Å². The number of benzene rings is 2. The van der Waals surface area contributed by atoms with E-state index in [9.17, 15) is 4.79 Å². The van der Waals surface area contributed by atoms with E-state index in [-0.39, 0.29) is 5.76 Å². The van der Waals surface area contributed by atoms with Crippen molar-refractivity contribution >= 4 is 46.3 Å². The van der Waals surface area contributed by atoms with Gasteiger partial charge in [0.2, 0.25) is 0 Å². The van der Waals surface area contributed by atoms with E-state index in [1.165, 1.54) is 12.5 Å². The molecule has 1 aromatic heterocycles. The normalized spacial score (nSPS) is 10.8. The van der Waals surface area contributed by atoms with Gasteiger partial charge < -0.3 is 13.9 Å². The van der Waals surface area contributed by atoms with E-state index < -0.39 is 5.91 Å². The first-order chi connectivity index (χ1) is 13.6. The molecule has 0 bridgehead atoms. The number of methoxy groups -OCH3 is 1. The lowest BCUT2D eigenvalue weighted by Gasteiger charge is -2.14. The fraction of sp³-hybridized carbons (Fsp3) is 0.100. The average Bonchev–Trinajstić information content (AvgIpc) is 3.23. The first-order valence-electron chi connectivity index (χ1n) is 8.19. The van der Waals surface area contributed by atoms with E-state index in [2.05, 4.69) is 33.1 Å². The van der Waals surface area contributed by atoms with Gasteiger partial charge in [0.1, 0.15) is 6.61 Å². The van der Waals surface area contributed by atoms with Crippen LogP contribution in [0, 0.1) is 3.57 Å². The van der Waals surface area contributed by atoms with Crippen molar-refractivity contribution in [3.63, 3.8) is 0 Å². The molecule has 3 aromatic rings. The Balaban J connectivity index is 1.71. The first kappa shape index (κ1) is 20.2. The Morgan fingerprint density at radius 1 is 1.29 bits per heavy atom. The van der Waals surface area contributed by atoms with Gasteiger partial charge in [0, 0.05) is 10.6 Å². The zero-order valence-electron chi connectivity index (χ0n) is 14.8. The average molecular weight is 511 g/mol. The summed E-state index contributed by atoms with van der Waals surface area (Å²) in [5.74, 6) is 0.924. The van der Waals surface area contributed by atoms with Crippen LogP contribution in [-0.4, -0.2) is 19.2 Å². The Labute approximate surface area is 180 Å². The lowest BCUT2D eigenvalue weighted by Crippen LogP contribution is -2.16. The third-order valence-electron chi connectivity index (χ3n) is 3.71. The standard InChI is InChI=1S/C20H16ClIN2O4/c1-26-18-10-13(11-23-24-20(25)17-7-4-8-27-17)9-16(22)19(18)28-12-14-5-2-3-6-15(14)21/h2-11H,12H2,1H3,(H,24,25)/b23-11+. The van der Waals surface area contributed by atoms with Gasteiger partial charge in [0.05, 0.1) is 23.2 Å². The van der Waals surface area contributed by atoms with Gasteiger partial charge in [0.15, 0.2) is 17.3 Å². The maximum Gasteiger partial charge on any atom is 0.307 e. The van der Waals surface area contributed by atoms with Crippen molar-refractivity contribution in [2.24, 2.45) is 5.10 Å². The maximum atomic E-state index is 11.8. The van der Waals surface area contributed by atoms with Crippen molar-refractivity contribution in [1.82, 2.24) is 5.43 Å². The van der Waals surface area contributed by atoms with Crippen LogP contribution in [0.5, 0.6) is 11.5 Å². The molecule has 0 aliphatic heterocycles. The number of carbonyl (C=O) groups is 1. The molecular weight excluding hydrogens is 495 g/mol. The molecular formula is C20H16ClIN2O4. The lowest BCUT2D eigenvalue weighted by molar-refractivity contribution is 0.0927. The molecule has 1 amide bonds. The fourth-order valence-electron chi connectivity index (χ4n) is 2.35. The first-order valence-corrected chi connectivity index (χ1v) is 9.65. The fourth-order valence-corrected chi connectivity index (χ4v) is 3.32. The Kier molecular flexibility index (Phi) is 6.94. The second kappa shape index (κ2) is 9.61. The topological polar surface area (TPSA) is 73.1 Å². The number of ether oxygens (including phenoxy) is 2. The maximum absolute atomic E-state index is 11.8. The van der Waals surface area contributed by atoms with E-state index in [0.29, 0.717) is 23.1 Å². The van der Waals surface area contributed by atoms with Crippen LogP contribution in [0.4, 0.5) is 0 Å². The SMILES string of the molecule is COc1cc(/C=N/NC(=O)c2ccco2)cc(I)c1OCc1ccccc1Cl. The summed E-state index contributed by atoms with van der Waals surface area (Å²) < 4.78 is 17.2. The Bertz CT molecular complexity index is 990. The van der Waals surface area contributed by atoms with Crippen molar-refractivity contribution in [2.45, 2.75) is 6.61 Å². The monoisotopic (exact) mass is 510 g/mol. The molecule has 0 aliphatic carbocycles. The number of rotatable bonds is 7. The van der Waals surface area contributed by atoms with Crippen molar-refractivity contribution in [1.29, 1.82) is 0 Å². The number of hydrogen-bond donors (Lipinski definition) is 1. The molecule has 3 rings (SSSR count). The molecule has 0 fully saturated rings. The summed E-state index contributed by atoms with van der Waals surface area (Å²) in [6.45, 7) is 0.318. The van der Waals surface area contributed by atoms with Crippen molar-refractivity contribution in [2.75, 3.05) is 7.11 Å². The van der Waals surface area contributed by atoms with Gasteiger partial charge in [-0.25, -0.2) is 5.43 Å². The summed E-state index contributed by atoms with van der Waals surface area (Å²) in [7, 11) is 1.56. The number of furan rings is 1. The molecule has 1 heterocycles. The molecule has 0 atom stereocenters. The second-order valence-electron chi connectivity index (χ2n) is 5.59.